The van der Waals surface area contributed by atoms with Crippen molar-refractivity contribution in [3.63, 3.8) is 0 Å². The van der Waals surface area contributed by atoms with Gasteiger partial charge >= 0.3 is 5.97 Å². The molecule has 0 bridgehead atoms. The Morgan fingerprint density at radius 3 is 2.58 bits per heavy atom. The van der Waals surface area contributed by atoms with E-state index in [1.54, 1.807) is 6.92 Å². The molecule has 0 aliphatic heterocycles. The first-order valence-corrected chi connectivity index (χ1v) is 4.14. The number of hydrogen-bond donors (Lipinski definition) is 0. The summed E-state index contributed by atoms with van der Waals surface area (Å²) in [7, 11) is 0. The van der Waals surface area contributed by atoms with Gasteiger partial charge in [-0.15, -0.1) is 6.42 Å². The van der Waals surface area contributed by atoms with Crippen molar-refractivity contribution in [1.82, 2.24) is 0 Å². The highest BCUT2D eigenvalue weighted by atomic mass is 16.5. The van der Waals surface area contributed by atoms with Gasteiger partial charge in [0.1, 0.15) is 0 Å². The minimum Gasteiger partial charge on any atom is -0.449 e. The number of hydrogen-bond acceptors (Lipinski definition) is 2. The molecule has 2 nitrogen and oxygen atoms in total. The largest absolute Gasteiger partial charge is 0.449 e. The second-order valence-corrected chi connectivity index (χ2v) is 3.99. The molecule has 1 rings (SSSR count). The lowest BCUT2D eigenvalue weighted by atomic mass is 10.1. The summed E-state index contributed by atoms with van der Waals surface area (Å²) in [6.07, 6.45) is 5.61. The Morgan fingerprint density at radius 2 is 2.25 bits per heavy atom. The summed E-state index contributed by atoms with van der Waals surface area (Å²) in [5, 5.41) is 0. The van der Waals surface area contributed by atoms with E-state index in [4.69, 9.17) is 11.2 Å². The van der Waals surface area contributed by atoms with Gasteiger partial charge in [-0.25, -0.2) is 0 Å². The molecule has 0 aromatic heterocycles. The van der Waals surface area contributed by atoms with E-state index in [1.165, 1.54) is 0 Å². The fourth-order valence-corrected chi connectivity index (χ4v) is 1.16. The summed E-state index contributed by atoms with van der Waals surface area (Å²) >= 11 is 0. The zero-order chi connectivity index (χ0) is 9.35. The molecule has 0 N–H and O–H groups in total. The average Bonchev–Trinajstić information content (AvgIpc) is 2.59. The Labute approximate surface area is 73.3 Å². The summed E-state index contributed by atoms with van der Waals surface area (Å²) in [4.78, 5) is 11.3. The van der Waals surface area contributed by atoms with E-state index in [0.29, 0.717) is 0 Å². The molecule has 2 heteroatoms. The highest BCUT2D eigenvalue weighted by Crippen LogP contribution is 2.52. The van der Waals surface area contributed by atoms with Crippen molar-refractivity contribution in [1.29, 1.82) is 0 Å². The number of ether oxygens (including phenoxy) is 1. The molecule has 1 saturated carbocycles. The summed E-state index contributed by atoms with van der Waals surface area (Å²) < 4.78 is 4.98. The first kappa shape index (κ1) is 9.12. The lowest BCUT2D eigenvalue weighted by molar-refractivity contribution is -0.148. The molecule has 0 spiro atoms. The topological polar surface area (TPSA) is 26.3 Å². The van der Waals surface area contributed by atoms with Crippen LogP contribution in [0.3, 0.4) is 0 Å². The monoisotopic (exact) mass is 166 g/mol. The van der Waals surface area contributed by atoms with Crippen molar-refractivity contribution in [2.24, 2.45) is 11.3 Å². The van der Waals surface area contributed by atoms with Crippen LogP contribution in [0.5, 0.6) is 0 Å². The van der Waals surface area contributed by atoms with Crippen LogP contribution in [0.1, 0.15) is 27.2 Å². The quantitative estimate of drug-likeness (QED) is 0.460. The lowest BCUT2D eigenvalue weighted by Crippen LogP contribution is -2.16. The molecule has 12 heavy (non-hydrogen) atoms. The summed E-state index contributed by atoms with van der Waals surface area (Å²) in [6, 6.07) is 0. The molecule has 66 valence electrons. The summed E-state index contributed by atoms with van der Waals surface area (Å²) in [5.41, 5.74) is 0.130. The van der Waals surface area contributed by atoms with E-state index in [1.807, 2.05) is 0 Å². The molecule has 0 aromatic carbocycles. The van der Waals surface area contributed by atoms with Crippen LogP contribution in [0.4, 0.5) is 0 Å². The molecule has 0 heterocycles. The highest BCUT2D eigenvalue weighted by molar-refractivity contribution is 5.77. The van der Waals surface area contributed by atoms with Crippen LogP contribution in [0.15, 0.2) is 0 Å². The maximum absolute atomic E-state index is 11.3. The average molecular weight is 166 g/mol. The van der Waals surface area contributed by atoms with Crippen molar-refractivity contribution in [2.45, 2.75) is 33.3 Å². The Kier molecular flexibility index (Phi) is 2.14. The molecular formula is C10H14O2. The third-order valence-electron chi connectivity index (χ3n) is 2.33. The highest BCUT2D eigenvalue weighted by Gasteiger charge is 2.51. The second-order valence-electron chi connectivity index (χ2n) is 3.99. The van der Waals surface area contributed by atoms with Gasteiger partial charge in [0.15, 0.2) is 6.10 Å². The Hall–Kier alpha value is -0.970. The van der Waals surface area contributed by atoms with Crippen molar-refractivity contribution in [2.75, 3.05) is 0 Å². The molecule has 1 aliphatic carbocycles. The van der Waals surface area contributed by atoms with Crippen LogP contribution < -0.4 is 0 Å². The fourth-order valence-electron chi connectivity index (χ4n) is 1.16. The number of carbonyl (C=O) groups excluding carboxylic acids is 1. The molecule has 1 fully saturated rings. The first-order chi connectivity index (χ1) is 5.47. The standard InChI is InChI=1S/C10H14O2/c1-5-7(2)12-9(11)8-6-10(8,3)4/h1,7-8H,6H2,2-4H3/t7?,8-/m1/s1. The van der Waals surface area contributed by atoms with Gasteiger partial charge in [-0.05, 0) is 18.8 Å². The summed E-state index contributed by atoms with van der Waals surface area (Å²) in [5.74, 6) is 2.28. The van der Waals surface area contributed by atoms with E-state index in [2.05, 4.69) is 19.8 Å². The Balaban J connectivity index is 2.38. The van der Waals surface area contributed by atoms with E-state index in [9.17, 15) is 4.79 Å². The van der Waals surface area contributed by atoms with Crippen molar-refractivity contribution in [3.05, 3.63) is 0 Å². The van der Waals surface area contributed by atoms with Gasteiger partial charge in [0, 0.05) is 0 Å². The van der Waals surface area contributed by atoms with Gasteiger partial charge in [-0.2, -0.15) is 0 Å². The van der Waals surface area contributed by atoms with Gasteiger partial charge in [0.05, 0.1) is 5.92 Å². The van der Waals surface area contributed by atoms with Gasteiger partial charge in [-0.1, -0.05) is 19.8 Å². The smallest absolute Gasteiger partial charge is 0.310 e. The van der Waals surface area contributed by atoms with Crippen LogP contribution >= 0.6 is 0 Å². The number of esters is 1. The molecule has 1 aliphatic rings. The van der Waals surface area contributed by atoms with Gasteiger partial charge in [-0.3, -0.25) is 4.79 Å². The number of terminal acetylenes is 1. The van der Waals surface area contributed by atoms with Crippen LogP contribution in [0, 0.1) is 23.7 Å². The minimum atomic E-state index is -0.395. The van der Waals surface area contributed by atoms with E-state index in [0.717, 1.165) is 6.42 Å². The summed E-state index contributed by atoms with van der Waals surface area (Å²) in [6.45, 7) is 5.81. The van der Waals surface area contributed by atoms with Crippen molar-refractivity contribution >= 4 is 5.97 Å². The zero-order valence-corrected chi connectivity index (χ0v) is 7.76. The Morgan fingerprint density at radius 1 is 1.75 bits per heavy atom. The van der Waals surface area contributed by atoms with Crippen LogP contribution in [0.2, 0.25) is 0 Å². The number of carbonyl (C=O) groups is 1. The maximum Gasteiger partial charge on any atom is 0.310 e. The van der Waals surface area contributed by atoms with E-state index >= 15 is 0 Å². The van der Waals surface area contributed by atoms with Crippen LogP contribution in [0.25, 0.3) is 0 Å². The second kappa shape index (κ2) is 2.82. The molecule has 1 unspecified atom stereocenters. The van der Waals surface area contributed by atoms with Crippen molar-refractivity contribution < 1.29 is 9.53 Å². The van der Waals surface area contributed by atoms with Crippen LogP contribution in [-0.4, -0.2) is 12.1 Å². The zero-order valence-electron chi connectivity index (χ0n) is 7.76. The fraction of sp³-hybridized carbons (Fsp3) is 0.700. The molecule has 0 amide bonds. The van der Waals surface area contributed by atoms with Crippen molar-refractivity contribution in [3.8, 4) is 12.3 Å². The van der Waals surface area contributed by atoms with Gasteiger partial charge < -0.3 is 4.74 Å². The first-order valence-electron chi connectivity index (χ1n) is 4.14. The maximum atomic E-state index is 11.3. The van der Waals surface area contributed by atoms with E-state index in [-0.39, 0.29) is 17.3 Å². The van der Waals surface area contributed by atoms with E-state index < -0.39 is 6.10 Å². The Bertz CT molecular complexity index is 235. The third-order valence-corrected chi connectivity index (χ3v) is 2.33. The SMILES string of the molecule is C#CC(C)OC(=O)[C@H]1CC1(C)C. The molecular weight excluding hydrogens is 152 g/mol. The number of rotatable bonds is 2. The molecule has 0 aromatic rings. The normalized spacial score (nSPS) is 27.0. The minimum absolute atomic E-state index is 0.0632. The molecule has 0 radical (unpaired) electrons. The predicted octanol–water partition coefficient (Wildman–Crippen LogP) is 1.60. The predicted molar refractivity (Wildman–Crippen MR) is 46.3 cm³/mol. The van der Waals surface area contributed by atoms with Crippen LogP contribution in [-0.2, 0) is 9.53 Å². The third kappa shape index (κ3) is 1.79. The lowest BCUT2D eigenvalue weighted by Gasteiger charge is -2.07. The molecule has 0 saturated heterocycles. The van der Waals surface area contributed by atoms with Gasteiger partial charge in [0.25, 0.3) is 0 Å². The molecule has 2 atom stereocenters. The van der Waals surface area contributed by atoms with Gasteiger partial charge in [0.2, 0.25) is 0 Å².